The van der Waals surface area contributed by atoms with Crippen molar-refractivity contribution in [2.24, 2.45) is 11.8 Å². The largest absolute Gasteiger partial charge is 0.355 e. The normalized spacial score (nSPS) is 24.1. The van der Waals surface area contributed by atoms with Gasteiger partial charge in [-0.05, 0) is 57.1 Å². The SMILES string of the molecule is O=C(NCCc1ccccc1)[C@H]1CCCN(C2CCN(C(=O)C3CCCC3)CC2)C1. The molecule has 1 N–H and O–H groups in total. The number of carbonyl (C=O) groups is 2. The molecule has 3 aliphatic rings. The van der Waals surface area contributed by atoms with Gasteiger partial charge in [-0.3, -0.25) is 14.5 Å². The van der Waals surface area contributed by atoms with Crippen molar-refractivity contribution in [3.05, 3.63) is 35.9 Å². The van der Waals surface area contributed by atoms with Crippen LogP contribution < -0.4 is 5.32 Å². The van der Waals surface area contributed by atoms with Crippen LogP contribution in [0.25, 0.3) is 0 Å². The Morgan fingerprint density at radius 3 is 2.30 bits per heavy atom. The molecule has 4 rings (SSSR count). The summed E-state index contributed by atoms with van der Waals surface area (Å²) in [5.74, 6) is 1.01. The van der Waals surface area contributed by atoms with Gasteiger partial charge in [0.2, 0.25) is 11.8 Å². The minimum atomic E-state index is 0.104. The second kappa shape index (κ2) is 10.4. The van der Waals surface area contributed by atoms with E-state index in [-0.39, 0.29) is 11.8 Å². The first-order valence-corrected chi connectivity index (χ1v) is 12.0. The van der Waals surface area contributed by atoms with Crippen LogP contribution in [0.1, 0.15) is 56.9 Å². The zero-order valence-corrected chi connectivity index (χ0v) is 18.2. The molecule has 1 aromatic carbocycles. The topological polar surface area (TPSA) is 52.7 Å². The number of hydrogen-bond acceptors (Lipinski definition) is 3. The van der Waals surface area contributed by atoms with Gasteiger partial charge in [-0.2, -0.15) is 0 Å². The maximum absolute atomic E-state index is 12.7. The molecule has 1 atom stereocenters. The summed E-state index contributed by atoms with van der Waals surface area (Å²) in [6.07, 6.45) is 9.70. The van der Waals surface area contributed by atoms with E-state index in [1.54, 1.807) is 0 Å². The highest BCUT2D eigenvalue weighted by Crippen LogP contribution is 2.29. The molecule has 2 aliphatic heterocycles. The molecule has 0 radical (unpaired) electrons. The van der Waals surface area contributed by atoms with Gasteiger partial charge in [0, 0.05) is 38.1 Å². The Kier molecular flexibility index (Phi) is 7.42. The summed E-state index contributed by atoms with van der Waals surface area (Å²) < 4.78 is 0. The van der Waals surface area contributed by atoms with Crippen LogP contribution in [-0.2, 0) is 16.0 Å². The Morgan fingerprint density at radius 1 is 0.867 bits per heavy atom. The zero-order valence-electron chi connectivity index (χ0n) is 18.2. The standard InChI is InChI=1S/C25H37N3O2/c29-24(26-15-12-20-7-2-1-3-8-20)22-11-6-16-28(19-22)23-13-17-27(18-14-23)25(30)21-9-4-5-10-21/h1-3,7-8,21-23H,4-6,9-19H2,(H,26,29)/t22-/m0/s1. The molecule has 5 nitrogen and oxygen atoms in total. The Bertz CT molecular complexity index is 694. The molecule has 1 aromatic rings. The van der Waals surface area contributed by atoms with Crippen molar-refractivity contribution in [3.63, 3.8) is 0 Å². The Hall–Kier alpha value is -1.88. The Morgan fingerprint density at radius 2 is 1.57 bits per heavy atom. The number of carbonyl (C=O) groups excluding carboxylic acids is 2. The van der Waals surface area contributed by atoms with Crippen LogP contribution in [-0.4, -0.2) is 60.4 Å². The highest BCUT2D eigenvalue weighted by atomic mass is 16.2. The maximum atomic E-state index is 12.7. The summed E-state index contributed by atoms with van der Waals surface area (Å²) in [6, 6.07) is 10.9. The van der Waals surface area contributed by atoms with Gasteiger partial charge in [-0.1, -0.05) is 43.2 Å². The van der Waals surface area contributed by atoms with Gasteiger partial charge in [0.1, 0.15) is 0 Å². The summed E-state index contributed by atoms with van der Waals surface area (Å²) in [5.41, 5.74) is 1.27. The molecular weight excluding hydrogens is 374 g/mol. The summed E-state index contributed by atoms with van der Waals surface area (Å²) in [5, 5.41) is 3.16. The number of benzene rings is 1. The van der Waals surface area contributed by atoms with Crippen molar-refractivity contribution < 1.29 is 9.59 Å². The van der Waals surface area contributed by atoms with E-state index in [1.807, 2.05) is 18.2 Å². The third-order valence-corrected chi connectivity index (χ3v) is 7.38. The smallest absolute Gasteiger partial charge is 0.225 e. The Labute approximate surface area is 181 Å². The average Bonchev–Trinajstić information content (AvgIpc) is 3.34. The fourth-order valence-electron chi connectivity index (χ4n) is 5.55. The summed E-state index contributed by atoms with van der Waals surface area (Å²) >= 11 is 0. The van der Waals surface area contributed by atoms with Crippen LogP contribution in [0.15, 0.2) is 30.3 Å². The molecule has 1 saturated carbocycles. The second-order valence-electron chi connectivity index (χ2n) is 9.40. The first-order chi connectivity index (χ1) is 14.7. The predicted octanol–water partition coefficient (Wildman–Crippen LogP) is 3.24. The van der Waals surface area contributed by atoms with Crippen molar-refractivity contribution in [3.8, 4) is 0 Å². The van der Waals surface area contributed by atoms with Crippen molar-refractivity contribution in [1.29, 1.82) is 0 Å². The molecule has 2 saturated heterocycles. The molecule has 3 fully saturated rings. The first kappa shape index (κ1) is 21.4. The van der Waals surface area contributed by atoms with Gasteiger partial charge in [0.25, 0.3) is 0 Å². The van der Waals surface area contributed by atoms with Gasteiger partial charge < -0.3 is 10.2 Å². The lowest BCUT2D eigenvalue weighted by Gasteiger charge is -2.42. The van der Waals surface area contributed by atoms with E-state index in [2.05, 4.69) is 27.2 Å². The quantitative estimate of drug-likeness (QED) is 0.782. The van der Waals surface area contributed by atoms with Crippen LogP contribution in [0.5, 0.6) is 0 Å². The van der Waals surface area contributed by atoms with Crippen LogP contribution in [0.4, 0.5) is 0 Å². The highest BCUT2D eigenvalue weighted by Gasteiger charge is 2.34. The average molecular weight is 412 g/mol. The monoisotopic (exact) mass is 411 g/mol. The molecule has 2 amide bonds. The number of amides is 2. The fourth-order valence-corrected chi connectivity index (χ4v) is 5.55. The summed E-state index contributed by atoms with van der Waals surface area (Å²) in [6.45, 7) is 4.46. The molecule has 0 spiro atoms. The van der Waals surface area contributed by atoms with Crippen LogP contribution in [0.3, 0.4) is 0 Å². The predicted molar refractivity (Wildman–Crippen MR) is 119 cm³/mol. The van der Waals surface area contributed by atoms with Gasteiger partial charge in [0.15, 0.2) is 0 Å². The van der Waals surface area contributed by atoms with E-state index < -0.39 is 0 Å². The maximum Gasteiger partial charge on any atom is 0.225 e. The number of piperidine rings is 2. The van der Waals surface area contributed by atoms with Crippen molar-refractivity contribution >= 4 is 11.8 Å². The summed E-state index contributed by atoms with van der Waals surface area (Å²) in [7, 11) is 0. The molecule has 164 valence electrons. The van der Waals surface area contributed by atoms with Crippen LogP contribution >= 0.6 is 0 Å². The van der Waals surface area contributed by atoms with Crippen LogP contribution in [0, 0.1) is 11.8 Å². The molecule has 30 heavy (non-hydrogen) atoms. The minimum Gasteiger partial charge on any atom is -0.355 e. The third kappa shape index (κ3) is 5.42. The number of rotatable bonds is 6. The number of likely N-dealkylation sites (tertiary alicyclic amines) is 2. The van der Waals surface area contributed by atoms with Gasteiger partial charge in [0.05, 0.1) is 5.92 Å². The number of hydrogen-bond donors (Lipinski definition) is 1. The van der Waals surface area contributed by atoms with E-state index >= 15 is 0 Å². The number of nitrogens with one attached hydrogen (secondary N) is 1. The molecule has 5 heteroatoms. The molecule has 0 bridgehead atoms. The third-order valence-electron chi connectivity index (χ3n) is 7.38. The summed E-state index contributed by atoms with van der Waals surface area (Å²) in [4.78, 5) is 30.0. The molecule has 2 heterocycles. The lowest BCUT2D eigenvalue weighted by Crippen LogP contribution is -2.52. The fraction of sp³-hybridized carbons (Fsp3) is 0.680. The van der Waals surface area contributed by atoms with Crippen molar-refractivity contribution in [1.82, 2.24) is 15.1 Å². The molecule has 1 aliphatic carbocycles. The van der Waals surface area contributed by atoms with E-state index in [1.165, 1.54) is 18.4 Å². The van der Waals surface area contributed by atoms with E-state index in [0.717, 1.165) is 71.1 Å². The van der Waals surface area contributed by atoms with Crippen molar-refractivity contribution in [2.75, 3.05) is 32.7 Å². The lowest BCUT2D eigenvalue weighted by molar-refractivity contribution is -0.137. The van der Waals surface area contributed by atoms with Gasteiger partial charge >= 0.3 is 0 Å². The second-order valence-corrected chi connectivity index (χ2v) is 9.40. The van der Waals surface area contributed by atoms with E-state index in [4.69, 9.17) is 0 Å². The Balaban J connectivity index is 1.20. The minimum absolute atomic E-state index is 0.104. The lowest BCUT2D eigenvalue weighted by atomic mass is 9.93. The highest BCUT2D eigenvalue weighted by molar-refractivity contribution is 5.79. The van der Waals surface area contributed by atoms with Gasteiger partial charge in [-0.15, -0.1) is 0 Å². The van der Waals surface area contributed by atoms with Crippen LogP contribution in [0.2, 0.25) is 0 Å². The molecular formula is C25H37N3O2. The molecule has 0 aromatic heterocycles. The zero-order chi connectivity index (χ0) is 20.8. The van der Waals surface area contributed by atoms with Gasteiger partial charge in [-0.25, -0.2) is 0 Å². The van der Waals surface area contributed by atoms with E-state index in [9.17, 15) is 9.59 Å². The van der Waals surface area contributed by atoms with E-state index in [0.29, 0.717) is 24.4 Å². The first-order valence-electron chi connectivity index (χ1n) is 12.0. The number of nitrogens with zero attached hydrogens (tertiary/aromatic N) is 2. The van der Waals surface area contributed by atoms with Crippen molar-refractivity contribution in [2.45, 2.75) is 63.8 Å². The molecule has 0 unspecified atom stereocenters.